The molecule has 0 aliphatic carbocycles. The average Bonchev–Trinajstić information content (AvgIpc) is 2.35. The first-order valence-electron chi connectivity index (χ1n) is 4.41. The fourth-order valence-corrected chi connectivity index (χ4v) is 1.17. The van der Waals surface area contributed by atoms with Crippen molar-refractivity contribution in [3.8, 4) is 11.5 Å². The van der Waals surface area contributed by atoms with Crippen molar-refractivity contribution in [2.75, 3.05) is 14.2 Å². The highest BCUT2D eigenvalue weighted by Crippen LogP contribution is 2.27. The van der Waals surface area contributed by atoms with E-state index < -0.39 is 11.7 Å². The number of ketones is 1. The molecule has 0 spiro atoms. The minimum absolute atomic E-state index is 0.181. The molecule has 0 unspecified atom stereocenters. The summed E-state index contributed by atoms with van der Waals surface area (Å²) in [5.74, 6) is 4.10. The lowest BCUT2D eigenvalue weighted by Crippen LogP contribution is -2.36. The van der Waals surface area contributed by atoms with Crippen molar-refractivity contribution in [2.45, 2.75) is 0 Å². The van der Waals surface area contributed by atoms with Crippen molar-refractivity contribution in [2.24, 2.45) is 5.84 Å². The first kappa shape index (κ1) is 12.0. The van der Waals surface area contributed by atoms with Crippen molar-refractivity contribution in [1.29, 1.82) is 0 Å². The molecule has 16 heavy (non-hydrogen) atoms. The van der Waals surface area contributed by atoms with E-state index in [4.69, 9.17) is 15.3 Å². The smallest absolute Gasteiger partial charge is 0.306 e. The molecular formula is C10H12N2O4. The van der Waals surface area contributed by atoms with Gasteiger partial charge in [0.1, 0.15) is 0 Å². The third-order valence-electron chi connectivity index (χ3n) is 1.98. The van der Waals surface area contributed by atoms with Crippen LogP contribution < -0.4 is 20.7 Å². The van der Waals surface area contributed by atoms with Crippen molar-refractivity contribution < 1.29 is 19.1 Å². The molecular weight excluding hydrogens is 212 g/mol. The molecule has 0 aliphatic rings. The lowest BCUT2D eigenvalue weighted by Gasteiger charge is -2.08. The van der Waals surface area contributed by atoms with E-state index in [-0.39, 0.29) is 5.56 Å². The van der Waals surface area contributed by atoms with Crippen LogP contribution in [0.25, 0.3) is 0 Å². The maximum atomic E-state index is 11.5. The Morgan fingerprint density at radius 2 is 1.81 bits per heavy atom. The van der Waals surface area contributed by atoms with Crippen LogP contribution in [0, 0.1) is 0 Å². The molecule has 6 nitrogen and oxygen atoms in total. The first-order valence-corrected chi connectivity index (χ1v) is 4.41. The van der Waals surface area contributed by atoms with E-state index in [0.29, 0.717) is 11.5 Å². The van der Waals surface area contributed by atoms with Gasteiger partial charge in [0.2, 0.25) is 0 Å². The Kier molecular flexibility index (Phi) is 3.84. The Balaban J connectivity index is 3.08. The van der Waals surface area contributed by atoms with Gasteiger partial charge in [0.05, 0.1) is 14.2 Å². The third-order valence-corrected chi connectivity index (χ3v) is 1.98. The zero-order chi connectivity index (χ0) is 12.1. The minimum atomic E-state index is -0.882. The van der Waals surface area contributed by atoms with Crippen LogP contribution in [0.4, 0.5) is 0 Å². The van der Waals surface area contributed by atoms with Crippen LogP contribution in [-0.4, -0.2) is 25.9 Å². The lowest BCUT2D eigenvalue weighted by molar-refractivity contribution is -0.117. The van der Waals surface area contributed by atoms with Gasteiger partial charge in [-0.05, 0) is 18.2 Å². The largest absolute Gasteiger partial charge is 0.493 e. The summed E-state index contributed by atoms with van der Waals surface area (Å²) in [7, 11) is 2.92. The Hall–Kier alpha value is -2.08. The summed E-state index contributed by atoms with van der Waals surface area (Å²) in [4.78, 5) is 22.5. The molecule has 1 aromatic rings. The molecule has 0 aromatic heterocycles. The van der Waals surface area contributed by atoms with Crippen LogP contribution in [0.15, 0.2) is 18.2 Å². The summed E-state index contributed by atoms with van der Waals surface area (Å²) in [6.45, 7) is 0. The van der Waals surface area contributed by atoms with Crippen LogP contribution >= 0.6 is 0 Å². The molecule has 0 bridgehead atoms. The topological polar surface area (TPSA) is 90.7 Å². The molecule has 6 heteroatoms. The van der Waals surface area contributed by atoms with Gasteiger partial charge in [0, 0.05) is 5.56 Å². The van der Waals surface area contributed by atoms with Gasteiger partial charge >= 0.3 is 5.91 Å². The van der Waals surface area contributed by atoms with Crippen LogP contribution in [0.2, 0.25) is 0 Å². The molecule has 0 radical (unpaired) electrons. The Morgan fingerprint density at radius 3 is 2.31 bits per heavy atom. The number of hydrogen-bond acceptors (Lipinski definition) is 5. The number of carbonyl (C=O) groups is 2. The SMILES string of the molecule is COc1ccc(C(=O)C(=O)NN)cc1OC. The second-order valence-electron chi connectivity index (χ2n) is 2.87. The molecule has 3 N–H and O–H groups in total. The van der Waals surface area contributed by atoms with E-state index in [1.807, 2.05) is 0 Å². The second kappa shape index (κ2) is 5.13. The van der Waals surface area contributed by atoms with Crippen molar-refractivity contribution in [3.05, 3.63) is 23.8 Å². The highest BCUT2D eigenvalue weighted by atomic mass is 16.5. The second-order valence-corrected chi connectivity index (χ2v) is 2.87. The summed E-state index contributed by atoms with van der Waals surface area (Å²) >= 11 is 0. The van der Waals surface area contributed by atoms with Gasteiger partial charge in [-0.25, -0.2) is 5.84 Å². The quantitative estimate of drug-likeness (QED) is 0.244. The van der Waals surface area contributed by atoms with Crippen LogP contribution in [0.3, 0.4) is 0 Å². The van der Waals surface area contributed by atoms with Crippen molar-refractivity contribution in [1.82, 2.24) is 5.43 Å². The van der Waals surface area contributed by atoms with Crippen LogP contribution in [0.5, 0.6) is 11.5 Å². The number of carbonyl (C=O) groups excluding carboxylic acids is 2. The van der Waals surface area contributed by atoms with E-state index in [1.54, 1.807) is 5.43 Å². The van der Waals surface area contributed by atoms with Gasteiger partial charge in [0.15, 0.2) is 11.5 Å². The van der Waals surface area contributed by atoms with E-state index in [0.717, 1.165) is 0 Å². The number of nitrogens with two attached hydrogens (primary N) is 1. The molecule has 1 aromatic carbocycles. The zero-order valence-corrected chi connectivity index (χ0v) is 8.94. The molecule has 0 aliphatic heterocycles. The molecule has 0 fully saturated rings. The Labute approximate surface area is 92.3 Å². The molecule has 0 saturated carbocycles. The number of ether oxygens (including phenoxy) is 2. The summed E-state index contributed by atoms with van der Waals surface area (Å²) in [5, 5.41) is 0. The molecule has 1 amide bonds. The number of Topliss-reactive ketones (excluding diaryl/α,β-unsaturated/α-hetero) is 1. The molecule has 0 saturated heterocycles. The predicted octanol–water partition coefficient (Wildman–Crippen LogP) is -0.124. The predicted molar refractivity (Wildman–Crippen MR) is 56.2 cm³/mol. The van der Waals surface area contributed by atoms with E-state index in [1.165, 1.54) is 32.4 Å². The van der Waals surface area contributed by atoms with Crippen LogP contribution in [-0.2, 0) is 4.79 Å². The van der Waals surface area contributed by atoms with E-state index in [9.17, 15) is 9.59 Å². The van der Waals surface area contributed by atoms with E-state index >= 15 is 0 Å². The highest BCUT2D eigenvalue weighted by Gasteiger charge is 2.16. The first-order chi connectivity index (χ1) is 7.63. The Bertz CT molecular complexity index is 417. The van der Waals surface area contributed by atoms with Gasteiger partial charge in [-0.15, -0.1) is 0 Å². The fourth-order valence-electron chi connectivity index (χ4n) is 1.17. The summed E-state index contributed by atoms with van der Waals surface area (Å²) in [6, 6.07) is 4.41. The lowest BCUT2D eigenvalue weighted by atomic mass is 10.1. The number of benzene rings is 1. The normalized spacial score (nSPS) is 9.44. The summed E-state index contributed by atoms with van der Waals surface area (Å²) in [5.41, 5.74) is 1.95. The number of nitrogens with one attached hydrogen (secondary N) is 1. The maximum absolute atomic E-state index is 11.5. The summed E-state index contributed by atoms with van der Waals surface area (Å²) in [6.07, 6.45) is 0. The van der Waals surface area contributed by atoms with Gasteiger partial charge < -0.3 is 9.47 Å². The highest BCUT2D eigenvalue weighted by molar-refractivity contribution is 6.42. The monoisotopic (exact) mass is 224 g/mol. The Morgan fingerprint density at radius 1 is 1.19 bits per heavy atom. The van der Waals surface area contributed by atoms with Crippen LogP contribution in [0.1, 0.15) is 10.4 Å². The standard InChI is InChI=1S/C10H12N2O4/c1-15-7-4-3-6(5-8(7)16-2)9(13)10(14)12-11/h3-5H,11H2,1-2H3,(H,12,14). The molecule has 0 heterocycles. The molecule has 0 atom stereocenters. The number of hydrogen-bond donors (Lipinski definition) is 2. The zero-order valence-electron chi connectivity index (χ0n) is 8.94. The van der Waals surface area contributed by atoms with E-state index in [2.05, 4.69) is 0 Å². The number of amides is 1. The third kappa shape index (κ3) is 2.29. The van der Waals surface area contributed by atoms with Gasteiger partial charge in [-0.1, -0.05) is 0 Å². The summed E-state index contributed by atoms with van der Waals surface area (Å²) < 4.78 is 10.00. The van der Waals surface area contributed by atoms with Gasteiger partial charge in [-0.3, -0.25) is 15.0 Å². The van der Waals surface area contributed by atoms with Gasteiger partial charge in [-0.2, -0.15) is 0 Å². The van der Waals surface area contributed by atoms with Crippen molar-refractivity contribution >= 4 is 11.7 Å². The number of rotatable bonds is 4. The maximum Gasteiger partial charge on any atom is 0.306 e. The minimum Gasteiger partial charge on any atom is -0.493 e. The fraction of sp³-hybridized carbons (Fsp3) is 0.200. The van der Waals surface area contributed by atoms with Gasteiger partial charge in [0.25, 0.3) is 5.78 Å². The molecule has 1 rings (SSSR count). The number of methoxy groups -OCH3 is 2. The number of hydrazine groups is 1. The average molecular weight is 224 g/mol. The molecule has 86 valence electrons. The van der Waals surface area contributed by atoms with Crippen molar-refractivity contribution in [3.63, 3.8) is 0 Å².